The third-order valence-electron chi connectivity index (χ3n) is 4.51. The van der Waals surface area contributed by atoms with E-state index in [1.807, 2.05) is 0 Å². The van der Waals surface area contributed by atoms with Gasteiger partial charge in [-0.1, -0.05) is 12.5 Å². The molecular weight excluding hydrogens is 362 g/mol. The summed E-state index contributed by atoms with van der Waals surface area (Å²) in [5.41, 5.74) is -2.93. The van der Waals surface area contributed by atoms with Gasteiger partial charge in [0.2, 0.25) is 0 Å². The van der Waals surface area contributed by atoms with Crippen LogP contribution in [-0.2, 0) is 12.4 Å². The summed E-state index contributed by atoms with van der Waals surface area (Å²) in [5, 5.41) is 13.7. The fourth-order valence-electron chi connectivity index (χ4n) is 3.19. The highest BCUT2D eigenvalue weighted by Crippen LogP contribution is 2.37. The van der Waals surface area contributed by atoms with Crippen LogP contribution < -0.4 is 5.32 Å². The van der Waals surface area contributed by atoms with Gasteiger partial charge in [0.15, 0.2) is 0 Å². The summed E-state index contributed by atoms with van der Waals surface area (Å²) in [5.74, 6) is 0. The second-order valence-electron chi connectivity index (χ2n) is 6.33. The van der Waals surface area contributed by atoms with Crippen LogP contribution in [0.4, 0.5) is 26.3 Å². The molecule has 3 rings (SSSR count). The van der Waals surface area contributed by atoms with Crippen molar-refractivity contribution in [3.05, 3.63) is 41.1 Å². The summed E-state index contributed by atoms with van der Waals surface area (Å²) in [4.78, 5) is 3.35. The number of alkyl halides is 6. The smallest absolute Gasteiger partial charge is 0.387 e. The molecule has 0 aliphatic carbocycles. The Morgan fingerprint density at radius 1 is 1.04 bits per heavy atom. The summed E-state index contributed by atoms with van der Waals surface area (Å²) in [7, 11) is 0. The Bertz CT molecular complexity index is 791. The van der Waals surface area contributed by atoms with Crippen LogP contribution in [0.3, 0.4) is 0 Å². The maximum absolute atomic E-state index is 13.2. The van der Waals surface area contributed by atoms with Crippen molar-refractivity contribution in [2.45, 2.75) is 43.8 Å². The van der Waals surface area contributed by atoms with Crippen molar-refractivity contribution in [1.29, 1.82) is 0 Å². The number of halogens is 6. The second kappa shape index (κ2) is 6.70. The fourth-order valence-corrected chi connectivity index (χ4v) is 3.19. The lowest BCUT2D eigenvalue weighted by Crippen LogP contribution is -2.39. The van der Waals surface area contributed by atoms with Gasteiger partial charge in [0.25, 0.3) is 0 Å². The van der Waals surface area contributed by atoms with E-state index in [9.17, 15) is 31.4 Å². The minimum Gasteiger partial charge on any atom is -0.387 e. The first kappa shape index (κ1) is 18.9. The number of rotatable bonds is 2. The minimum atomic E-state index is -4.84. The normalized spacial score (nSPS) is 20.3. The molecule has 0 amide bonds. The van der Waals surface area contributed by atoms with E-state index in [2.05, 4.69) is 10.3 Å². The average molecular weight is 378 g/mol. The summed E-state index contributed by atoms with van der Waals surface area (Å²) < 4.78 is 78.1. The number of piperidine rings is 1. The van der Waals surface area contributed by atoms with Crippen LogP contribution in [0.15, 0.2) is 24.3 Å². The van der Waals surface area contributed by atoms with Crippen LogP contribution in [0.5, 0.6) is 0 Å². The quantitative estimate of drug-likeness (QED) is 0.759. The third-order valence-corrected chi connectivity index (χ3v) is 4.51. The predicted octanol–water partition coefficient (Wildman–Crippen LogP) is 4.45. The second-order valence-corrected chi connectivity index (χ2v) is 6.33. The molecule has 2 unspecified atom stereocenters. The summed E-state index contributed by atoms with van der Waals surface area (Å²) >= 11 is 0. The van der Waals surface area contributed by atoms with Crippen molar-refractivity contribution in [3.8, 4) is 0 Å². The maximum atomic E-state index is 13.2. The summed E-state index contributed by atoms with van der Waals surface area (Å²) in [6.07, 6.45) is -8.55. The predicted molar refractivity (Wildman–Crippen MR) is 82.3 cm³/mol. The van der Waals surface area contributed by atoms with Gasteiger partial charge in [-0.15, -0.1) is 0 Å². The Hall–Kier alpha value is -1.87. The van der Waals surface area contributed by atoms with E-state index in [1.54, 1.807) is 0 Å². The topological polar surface area (TPSA) is 45.2 Å². The Morgan fingerprint density at radius 2 is 1.77 bits per heavy atom. The lowest BCUT2D eigenvalue weighted by Gasteiger charge is -2.29. The van der Waals surface area contributed by atoms with E-state index in [4.69, 9.17) is 0 Å². The molecule has 9 heteroatoms. The molecule has 2 aromatic rings. The zero-order valence-electron chi connectivity index (χ0n) is 13.5. The molecule has 1 aromatic carbocycles. The molecule has 2 atom stereocenters. The number of hydrogen-bond acceptors (Lipinski definition) is 3. The highest BCUT2D eigenvalue weighted by atomic mass is 19.4. The zero-order chi connectivity index (χ0) is 19.1. The van der Waals surface area contributed by atoms with Crippen LogP contribution in [0.25, 0.3) is 10.9 Å². The van der Waals surface area contributed by atoms with Gasteiger partial charge >= 0.3 is 12.4 Å². The molecule has 0 spiro atoms. The fraction of sp³-hybridized carbons (Fsp3) is 0.471. The van der Waals surface area contributed by atoms with Crippen molar-refractivity contribution in [1.82, 2.24) is 10.3 Å². The molecule has 1 aliphatic rings. The highest BCUT2D eigenvalue weighted by Gasteiger charge is 2.36. The summed E-state index contributed by atoms with van der Waals surface area (Å²) in [6.45, 7) is 0.620. The van der Waals surface area contributed by atoms with Crippen molar-refractivity contribution in [2.24, 2.45) is 0 Å². The molecule has 0 bridgehead atoms. The van der Waals surface area contributed by atoms with Gasteiger partial charge in [0, 0.05) is 11.4 Å². The number of fused-ring (bicyclic) bond motifs is 1. The summed E-state index contributed by atoms with van der Waals surface area (Å²) in [6, 6.07) is 2.68. The van der Waals surface area contributed by atoms with Gasteiger partial charge in [-0.3, -0.25) is 0 Å². The van der Waals surface area contributed by atoms with Crippen LogP contribution in [0.2, 0.25) is 0 Å². The number of nitrogens with one attached hydrogen (secondary N) is 1. The first-order valence-electron chi connectivity index (χ1n) is 8.08. The molecule has 1 fully saturated rings. The number of aromatic nitrogens is 1. The monoisotopic (exact) mass is 378 g/mol. The molecule has 1 aliphatic heterocycles. The molecule has 142 valence electrons. The maximum Gasteiger partial charge on any atom is 0.433 e. The van der Waals surface area contributed by atoms with E-state index < -0.39 is 41.3 Å². The molecule has 3 nitrogen and oxygen atoms in total. The van der Waals surface area contributed by atoms with Gasteiger partial charge in [0.05, 0.1) is 17.2 Å². The van der Waals surface area contributed by atoms with Crippen molar-refractivity contribution >= 4 is 10.9 Å². The van der Waals surface area contributed by atoms with Crippen molar-refractivity contribution in [2.75, 3.05) is 6.54 Å². The SMILES string of the molecule is OC(c1cc(C(F)(F)F)nc2cc(C(F)(F)F)ccc12)C1CCCCN1. The van der Waals surface area contributed by atoms with Crippen molar-refractivity contribution in [3.63, 3.8) is 0 Å². The molecule has 1 saturated heterocycles. The van der Waals surface area contributed by atoms with E-state index in [0.29, 0.717) is 19.0 Å². The van der Waals surface area contributed by atoms with Gasteiger partial charge < -0.3 is 10.4 Å². The minimum absolute atomic E-state index is 0.0737. The van der Waals surface area contributed by atoms with E-state index in [0.717, 1.165) is 31.0 Å². The molecule has 0 saturated carbocycles. The lowest BCUT2D eigenvalue weighted by atomic mass is 9.92. The molecule has 2 heterocycles. The number of pyridine rings is 1. The van der Waals surface area contributed by atoms with E-state index in [-0.39, 0.29) is 10.9 Å². The molecule has 2 N–H and O–H groups in total. The molecule has 1 aromatic heterocycles. The first-order chi connectivity index (χ1) is 12.1. The number of nitrogens with zero attached hydrogens (tertiary/aromatic N) is 1. The number of hydrogen-bond donors (Lipinski definition) is 2. The number of aliphatic hydroxyl groups is 1. The van der Waals surface area contributed by atoms with Crippen LogP contribution in [-0.4, -0.2) is 22.7 Å². The van der Waals surface area contributed by atoms with Gasteiger partial charge in [-0.25, -0.2) is 4.98 Å². The molecule has 26 heavy (non-hydrogen) atoms. The van der Waals surface area contributed by atoms with E-state index in [1.165, 1.54) is 0 Å². The highest BCUT2D eigenvalue weighted by molar-refractivity contribution is 5.83. The van der Waals surface area contributed by atoms with E-state index >= 15 is 0 Å². The number of benzene rings is 1. The lowest BCUT2D eigenvalue weighted by molar-refractivity contribution is -0.141. The molecular formula is C17H16F6N2O. The van der Waals surface area contributed by atoms with Gasteiger partial charge in [-0.05, 0) is 43.1 Å². The number of aliphatic hydroxyl groups excluding tert-OH is 1. The average Bonchev–Trinajstić information content (AvgIpc) is 2.58. The van der Waals surface area contributed by atoms with Gasteiger partial charge in [-0.2, -0.15) is 26.3 Å². The molecule has 0 radical (unpaired) electrons. The van der Waals surface area contributed by atoms with Crippen molar-refractivity contribution < 1.29 is 31.4 Å². The van der Waals surface area contributed by atoms with Crippen LogP contribution in [0.1, 0.15) is 42.2 Å². The van der Waals surface area contributed by atoms with Crippen LogP contribution >= 0.6 is 0 Å². The Morgan fingerprint density at radius 3 is 2.35 bits per heavy atom. The Labute approximate surface area is 145 Å². The standard InChI is InChI=1S/C17H16F6N2O/c18-16(19,20)9-4-5-10-11(15(26)12-3-1-2-6-24-12)8-14(17(21,22)23)25-13(10)7-9/h4-5,7-8,12,15,24,26H,1-3,6H2. The zero-order valence-corrected chi connectivity index (χ0v) is 13.5. The third kappa shape index (κ3) is 3.78. The Balaban J connectivity index is 2.16. The Kier molecular flexibility index (Phi) is 4.87. The van der Waals surface area contributed by atoms with Gasteiger partial charge in [0.1, 0.15) is 5.69 Å². The first-order valence-corrected chi connectivity index (χ1v) is 8.08. The largest absolute Gasteiger partial charge is 0.433 e. The van der Waals surface area contributed by atoms with Crippen LogP contribution in [0, 0.1) is 0 Å².